The van der Waals surface area contributed by atoms with E-state index in [9.17, 15) is 10.5 Å². The van der Waals surface area contributed by atoms with Crippen LogP contribution < -0.4 is 0 Å². The Kier molecular flexibility index (Phi) is 5.05. The first-order valence-electron chi connectivity index (χ1n) is 14.0. The molecule has 4 nitrogen and oxygen atoms in total. The minimum absolute atomic E-state index is 0.357. The number of hydrogen-bond acceptors (Lipinski definition) is 2. The first kappa shape index (κ1) is 24.0. The van der Waals surface area contributed by atoms with Gasteiger partial charge in [0, 0.05) is 21.5 Å². The number of aromatic nitrogens is 2. The Morgan fingerprint density at radius 2 is 0.976 bits per heavy atom. The van der Waals surface area contributed by atoms with Gasteiger partial charge in [0.1, 0.15) is 12.1 Å². The Bertz CT molecular complexity index is 2450. The molecule has 4 heteroatoms. The minimum atomic E-state index is 0.357. The van der Waals surface area contributed by atoms with Crippen LogP contribution in [0.4, 0.5) is 0 Å². The molecule has 8 aromatic rings. The van der Waals surface area contributed by atoms with E-state index in [1.54, 1.807) is 0 Å². The number of rotatable bonds is 2. The van der Waals surface area contributed by atoms with Crippen molar-refractivity contribution < 1.29 is 0 Å². The molecular formula is C38H24N4. The lowest BCUT2D eigenvalue weighted by molar-refractivity contribution is 1.09. The molecular weight excluding hydrogens is 512 g/mol. The van der Waals surface area contributed by atoms with Gasteiger partial charge >= 0.3 is 0 Å². The molecule has 0 saturated heterocycles. The lowest BCUT2D eigenvalue weighted by Gasteiger charge is -2.18. The molecule has 0 spiro atoms. The van der Waals surface area contributed by atoms with Crippen molar-refractivity contribution in [1.82, 2.24) is 9.13 Å². The standard InChI is InChI=1S/C38H24N4/c1-23-11-14-33-30(17-23)31-18-24(2)12-15-34(31)41(33)36-19-26(21-39)27(22-40)20-37(36)42-32-10-6-5-9-29(32)38-28-8-4-3-7-25(28)13-16-35(38)42/h3-20H,1-2H3. The fourth-order valence-electron chi connectivity index (χ4n) is 6.63. The monoisotopic (exact) mass is 536 g/mol. The molecule has 0 amide bonds. The van der Waals surface area contributed by atoms with Gasteiger partial charge in [0.25, 0.3) is 0 Å². The second-order valence-corrected chi connectivity index (χ2v) is 11.0. The average Bonchev–Trinajstić information content (AvgIpc) is 3.52. The lowest BCUT2D eigenvalue weighted by atomic mass is 10.0. The van der Waals surface area contributed by atoms with E-state index in [2.05, 4.69) is 132 Å². The number of fused-ring (bicyclic) bond motifs is 8. The summed E-state index contributed by atoms with van der Waals surface area (Å²) in [5.41, 5.74) is 9.02. The van der Waals surface area contributed by atoms with Crippen LogP contribution in [0.1, 0.15) is 22.3 Å². The van der Waals surface area contributed by atoms with E-state index in [-0.39, 0.29) is 0 Å². The second kappa shape index (κ2) is 8.83. The van der Waals surface area contributed by atoms with Crippen molar-refractivity contribution in [3.05, 3.63) is 131 Å². The number of nitrogens with zero attached hydrogens (tertiary/aromatic N) is 4. The molecule has 0 aliphatic rings. The number of hydrogen-bond donors (Lipinski definition) is 0. The van der Waals surface area contributed by atoms with Gasteiger partial charge < -0.3 is 9.13 Å². The van der Waals surface area contributed by atoms with Crippen molar-refractivity contribution in [3.63, 3.8) is 0 Å². The third kappa shape index (κ3) is 3.27. The first-order chi connectivity index (χ1) is 20.6. The Morgan fingerprint density at radius 3 is 1.60 bits per heavy atom. The van der Waals surface area contributed by atoms with Crippen molar-refractivity contribution >= 4 is 54.4 Å². The summed E-state index contributed by atoms with van der Waals surface area (Å²) < 4.78 is 4.51. The molecule has 0 unspecified atom stereocenters. The summed E-state index contributed by atoms with van der Waals surface area (Å²) in [5, 5.41) is 27.3. The van der Waals surface area contributed by atoms with E-state index < -0.39 is 0 Å². The molecule has 0 aliphatic heterocycles. The summed E-state index contributed by atoms with van der Waals surface area (Å²) in [7, 11) is 0. The van der Waals surface area contributed by atoms with Gasteiger partial charge in [-0.1, -0.05) is 71.8 Å². The van der Waals surface area contributed by atoms with E-state index in [4.69, 9.17) is 0 Å². The van der Waals surface area contributed by atoms with E-state index in [1.807, 2.05) is 12.1 Å². The van der Waals surface area contributed by atoms with Crippen molar-refractivity contribution in [3.8, 4) is 23.5 Å². The van der Waals surface area contributed by atoms with Gasteiger partial charge in [-0.15, -0.1) is 0 Å². The molecule has 0 bridgehead atoms. The zero-order chi connectivity index (χ0) is 28.5. The Balaban J connectivity index is 1.60. The highest BCUT2D eigenvalue weighted by Gasteiger charge is 2.22. The van der Waals surface area contributed by atoms with Crippen LogP contribution in [-0.2, 0) is 0 Å². The Morgan fingerprint density at radius 1 is 0.476 bits per heavy atom. The molecule has 0 radical (unpaired) electrons. The van der Waals surface area contributed by atoms with E-state index in [1.165, 1.54) is 27.3 Å². The highest BCUT2D eigenvalue weighted by atomic mass is 15.1. The maximum atomic E-state index is 10.1. The molecule has 2 aromatic heterocycles. The third-order valence-electron chi connectivity index (χ3n) is 8.48. The van der Waals surface area contributed by atoms with Crippen LogP contribution in [0, 0.1) is 36.5 Å². The van der Waals surface area contributed by atoms with Gasteiger partial charge in [0.15, 0.2) is 0 Å². The second-order valence-electron chi connectivity index (χ2n) is 11.0. The van der Waals surface area contributed by atoms with Crippen molar-refractivity contribution in [2.75, 3.05) is 0 Å². The maximum absolute atomic E-state index is 10.1. The smallest absolute Gasteiger partial charge is 0.101 e. The number of para-hydroxylation sites is 1. The third-order valence-corrected chi connectivity index (χ3v) is 8.48. The molecule has 8 rings (SSSR count). The molecule has 0 N–H and O–H groups in total. The predicted molar refractivity (Wildman–Crippen MR) is 172 cm³/mol. The summed E-state index contributed by atoms with van der Waals surface area (Å²) >= 11 is 0. The fourth-order valence-corrected chi connectivity index (χ4v) is 6.63. The number of aryl methyl sites for hydroxylation is 2. The highest BCUT2D eigenvalue weighted by Crippen LogP contribution is 2.41. The van der Waals surface area contributed by atoms with Gasteiger partial charge in [0.2, 0.25) is 0 Å². The quantitative estimate of drug-likeness (QED) is 0.221. The lowest BCUT2D eigenvalue weighted by Crippen LogP contribution is -2.05. The van der Waals surface area contributed by atoms with Crippen LogP contribution in [0.3, 0.4) is 0 Å². The van der Waals surface area contributed by atoms with Gasteiger partial charge in [-0.2, -0.15) is 10.5 Å². The fraction of sp³-hybridized carbons (Fsp3) is 0.0526. The highest BCUT2D eigenvalue weighted by molar-refractivity contribution is 6.21. The van der Waals surface area contributed by atoms with Gasteiger partial charge in [-0.25, -0.2) is 0 Å². The summed E-state index contributed by atoms with van der Waals surface area (Å²) in [6.45, 7) is 4.23. The molecule has 0 saturated carbocycles. The molecule has 0 aliphatic carbocycles. The van der Waals surface area contributed by atoms with Crippen LogP contribution in [0.15, 0.2) is 109 Å². The normalized spacial score (nSPS) is 11.5. The van der Waals surface area contributed by atoms with Crippen molar-refractivity contribution in [1.29, 1.82) is 10.5 Å². The summed E-state index contributed by atoms with van der Waals surface area (Å²) in [5.74, 6) is 0. The van der Waals surface area contributed by atoms with E-state index >= 15 is 0 Å². The first-order valence-corrected chi connectivity index (χ1v) is 14.0. The molecule has 196 valence electrons. The van der Waals surface area contributed by atoms with Gasteiger partial charge in [0.05, 0.1) is 44.6 Å². The topological polar surface area (TPSA) is 57.4 Å². The maximum Gasteiger partial charge on any atom is 0.101 e. The van der Waals surface area contributed by atoms with Crippen LogP contribution in [0.25, 0.3) is 65.8 Å². The summed E-state index contributed by atoms with van der Waals surface area (Å²) in [4.78, 5) is 0. The van der Waals surface area contributed by atoms with Crippen LogP contribution in [0.5, 0.6) is 0 Å². The number of benzene rings is 6. The minimum Gasteiger partial charge on any atom is -0.307 e. The Labute approximate surface area is 242 Å². The molecule has 0 atom stereocenters. The zero-order valence-electron chi connectivity index (χ0n) is 23.2. The van der Waals surface area contributed by atoms with E-state index in [0.717, 1.165) is 49.6 Å². The summed E-state index contributed by atoms with van der Waals surface area (Å²) in [6, 6.07) is 42.6. The molecule has 2 heterocycles. The van der Waals surface area contributed by atoms with Crippen LogP contribution >= 0.6 is 0 Å². The summed E-state index contributed by atoms with van der Waals surface area (Å²) in [6.07, 6.45) is 0. The van der Waals surface area contributed by atoms with Crippen LogP contribution in [0.2, 0.25) is 0 Å². The van der Waals surface area contributed by atoms with Crippen molar-refractivity contribution in [2.45, 2.75) is 13.8 Å². The van der Waals surface area contributed by atoms with E-state index in [0.29, 0.717) is 11.1 Å². The van der Waals surface area contributed by atoms with Crippen molar-refractivity contribution in [2.24, 2.45) is 0 Å². The molecule has 6 aromatic carbocycles. The predicted octanol–water partition coefficient (Wildman–Crippen LogP) is 9.39. The van der Waals surface area contributed by atoms with Crippen LogP contribution in [-0.4, -0.2) is 9.13 Å². The largest absolute Gasteiger partial charge is 0.307 e. The Hall–Kier alpha value is -5.84. The molecule has 0 fully saturated rings. The average molecular weight is 537 g/mol. The van der Waals surface area contributed by atoms with Gasteiger partial charge in [-0.05, 0) is 73.2 Å². The molecule has 42 heavy (non-hydrogen) atoms. The SMILES string of the molecule is Cc1ccc2c(c1)c1cc(C)ccc1n2-c1cc(C#N)c(C#N)cc1-n1c2ccccc2c2c3ccccc3ccc21. The van der Waals surface area contributed by atoms with Gasteiger partial charge in [-0.3, -0.25) is 0 Å². The zero-order valence-corrected chi connectivity index (χ0v) is 23.2. The number of nitriles is 2.